The average molecular weight is 170 g/mol. The molecule has 66 valence electrons. The molecule has 0 radical (unpaired) electrons. The molecule has 0 spiro atoms. The van der Waals surface area contributed by atoms with Crippen LogP contribution in [0, 0.1) is 0 Å². The maximum absolute atomic E-state index is 10.4. The summed E-state index contributed by atoms with van der Waals surface area (Å²) in [6, 6.07) is 0. The van der Waals surface area contributed by atoms with Crippen molar-refractivity contribution in [3.05, 3.63) is 11.8 Å². The molecule has 0 aliphatic rings. The smallest absolute Gasteiger partial charge is 0.308 e. The third-order valence-corrected chi connectivity index (χ3v) is 1.49. The largest absolute Gasteiger partial charge is 0.481 e. The van der Waals surface area contributed by atoms with Crippen LogP contribution < -0.4 is 4.74 Å². The number of nitrogens with zero attached hydrogens (tertiary/aromatic N) is 2. The van der Waals surface area contributed by atoms with E-state index in [1.54, 1.807) is 7.05 Å². The molecule has 0 unspecified atom stereocenters. The van der Waals surface area contributed by atoms with E-state index in [2.05, 4.69) is 5.10 Å². The third kappa shape index (κ3) is 1.55. The molecule has 1 aromatic rings. The number of rotatable bonds is 3. The zero-order valence-corrected chi connectivity index (χ0v) is 6.94. The van der Waals surface area contributed by atoms with Gasteiger partial charge in [-0.3, -0.25) is 4.79 Å². The van der Waals surface area contributed by atoms with Crippen LogP contribution in [0.5, 0.6) is 5.88 Å². The summed E-state index contributed by atoms with van der Waals surface area (Å²) >= 11 is 0. The van der Waals surface area contributed by atoms with Crippen molar-refractivity contribution in [3.8, 4) is 5.88 Å². The summed E-state index contributed by atoms with van der Waals surface area (Å²) in [4.78, 5) is 10.4. The zero-order valence-electron chi connectivity index (χ0n) is 6.94. The van der Waals surface area contributed by atoms with Crippen LogP contribution in [0.4, 0.5) is 0 Å². The van der Waals surface area contributed by atoms with Crippen LogP contribution in [-0.4, -0.2) is 28.0 Å². The lowest BCUT2D eigenvalue weighted by atomic mass is 10.2. The van der Waals surface area contributed by atoms with E-state index in [9.17, 15) is 4.79 Å². The number of carboxylic acid groups (broad SMARTS) is 1. The summed E-state index contributed by atoms with van der Waals surface area (Å²) in [5.74, 6) is -0.390. The maximum atomic E-state index is 10.4. The number of ether oxygens (including phenoxy) is 1. The second kappa shape index (κ2) is 3.25. The van der Waals surface area contributed by atoms with Gasteiger partial charge in [0, 0.05) is 12.6 Å². The average Bonchev–Trinajstić information content (AvgIpc) is 2.30. The van der Waals surface area contributed by atoms with Gasteiger partial charge in [-0.25, -0.2) is 4.68 Å². The highest BCUT2D eigenvalue weighted by molar-refractivity contribution is 5.70. The fourth-order valence-electron chi connectivity index (χ4n) is 1.02. The Kier molecular flexibility index (Phi) is 2.32. The monoisotopic (exact) mass is 170 g/mol. The van der Waals surface area contributed by atoms with Crippen molar-refractivity contribution in [1.82, 2.24) is 9.78 Å². The van der Waals surface area contributed by atoms with E-state index in [-0.39, 0.29) is 6.42 Å². The molecule has 0 amide bonds. The molecule has 1 N–H and O–H groups in total. The quantitative estimate of drug-likeness (QED) is 0.696. The van der Waals surface area contributed by atoms with Crippen LogP contribution in [0.2, 0.25) is 0 Å². The Morgan fingerprint density at radius 2 is 2.50 bits per heavy atom. The van der Waals surface area contributed by atoms with E-state index in [1.165, 1.54) is 18.0 Å². The summed E-state index contributed by atoms with van der Waals surface area (Å²) < 4.78 is 6.45. The molecule has 0 aliphatic heterocycles. The van der Waals surface area contributed by atoms with Crippen molar-refractivity contribution in [2.24, 2.45) is 7.05 Å². The molecule has 5 nitrogen and oxygen atoms in total. The Hall–Kier alpha value is -1.52. The van der Waals surface area contributed by atoms with Gasteiger partial charge in [0.2, 0.25) is 5.88 Å². The van der Waals surface area contributed by atoms with Gasteiger partial charge in [-0.2, -0.15) is 5.10 Å². The number of hydrogen-bond donors (Lipinski definition) is 1. The second-order valence-corrected chi connectivity index (χ2v) is 2.37. The first-order valence-electron chi connectivity index (χ1n) is 3.41. The minimum atomic E-state index is -0.888. The standard InChI is InChI=1S/C7H10N2O3/c1-9-7(12-2)5(4-8-9)3-6(10)11/h4H,3H2,1-2H3,(H,10,11). The first-order chi connectivity index (χ1) is 5.65. The minimum absolute atomic E-state index is 0.0585. The van der Waals surface area contributed by atoms with Crippen molar-refractivity contribution in [2.45, 2.75) is 6.42 Å². The van der Waals surface area contributed by atoms with Crippen LogP contribution in [0.1, 0.15) is 5.56 Å². The molecule has 1 aromatic heterocycles. The Morgan fingerprint density at radius 3 is 3.00 bits per heavy atom. The Balaban J connectivity index is 2.91. The molecular formula is C7H10N2O3. The van der Waals surface area contributed by atoms with Crippen LogP contribution in [0.3, 0.4) is 0 Å². The highest BCUT2D eigenvalue weighted by Gasteiger charge is 2.11. The minimum Gasteiger partial charge on any atom is -0.481 e. The van der Waals surface area contributed by atoms with Crippen molar-refractivity contribution in [2.75, 3.05) is 7.11 Å². The highest BCUT2D eigenvalue weighted by atomic mass is 16.5. The Bertz CT molecular complexity index is 293. The fraction of sp³-hybridized carbons (Fsp3) is 0.429. The molecule has 5 heteroatoms. The normalized spacial score (nSPS) is 9.83. The van der Waals surface area contributed by atoms with Crippen LogP contribution in [-0.2, 0) is 18.3 Å². The number of methoxy groups -OCH3 is 1. The lowest BCUT2D eigenvalue weighted by molar-refractivity contribution is -0.136. The molecule has 1 rings (SSSR count). The van der Waals surface area contributed by atoms with Crippen molar-refractivity contribution in [3.63, 3.8) is 0 Å². The summed E-state index contributed by atoms with van der Waals surface area (Å²) in [7, 11) is 3.19. The second-order valence-electron chi connectivity index (χ2n) is 2.37. The SMILES string of the molecule is COc1c(CC(=O)O)cnn1C. The third-order valence-electron chi connectivity index (χ3n) is 1.49. The van der Waals surface area contributed by atoms with Gasteiger partial charge in [-0.05, 0) is 0 Å². The summed E-state index contributed by atoms with van der Waals surface area (Å²) in [5, 5.41) is 12.4. The number of carboxylic acids is 1. The molecular weight excluding hydrogens is 160 g/mol. The lowest BCUT2D eigenvalue weighted by Gasteiger charge is -2.01. The van der Waals surface area contributed by atoms with Crippen molar-refractivity contribution < 1.29 is 14.6 Å². The van der Waals surface area contributed by atoms with Gasteiger partial charge in [0.05, 0.1) is 19.7 Å². The number of aliphatic carboxylic acids is 1. The fourth-order valence-corrected chi connectivity index (χ4v) is 1.02. The van der Waals surface area contributed by atoms with Gasteiger partial charge in [0.25, 0.3) is 0 Å². The summed E-state index contributed by atoms with van der Waals surface area (Å²) in [6.07, 6.45) is 1.43. The Morgan fingerprint density at radius 1 is 1.83 bits per heavy atom. The predicted molar refractivity (Wildman–Crippen MR) is 41.1 cm³/mol. The molecule has 0 saturated heterocycles. The van der Waals surface area contributed by atoms with E-state index in [0.29, 0.717) is 11.4 Å². The van der Waals surface area contributed by atoms with E-state index in [0.717, 1.165) is 0 Å². The molecule has 0 saturated carbocycles. The molecule has 0 atom stereocenters. The van der Waals surface area contributed by atoms with Crippen LogP contribution >= 0.6 is 0 Å². The zero-order chi connectivity index (χ0) is 9.14. The molecule has 0 bridgehead atoms. The summed E-state index contributed by atoms with van der Waals surface area (Å²) in [5.41, 5.74) is 0.590. The van der Waals surface area contributed by atoms with Crippen LogP contribution in [0.15, 0.2) is 6.20 Å². The number of aromatic nitrogens is 2. The highest BCUT2D eigenvalue weighted by Crippen LogP contribution is 2.16. The van der Waals surface area contributed by atoms with Gasteiger partial charge >= 0.3 is 5.97 Å². The number of aryl methyl sites for hydroxylation is 1. The van der Waals surface area contributed by atoms with Crippen molar-refractivity contribution in [1.29, 1.82) is 0 Å². The van der Waals surface area contributed by atoms with E-state index < -0.39 is 5.97 Å². The van der Waals surface area contributed by atoms with E-state index in [4.69, 9.17) is 9.84 Å². The van der Waals surface area contributed by atoms with Crippen molar-refractivity contribution >= 4 is 5.97 Å². The van der Waals surface area contributed by atoms with Gasteiger partial charge in [-0.1, -0.05) is 0 Å². The molecule has 0 fully saturated rings. The Labute approximate surface area is 69.6 Å². The first kappa shape index (κ1) is 8.58. The first-order valence-corrected chi connectivity index (χ1v) is 3.41. The van der Waals surface area contributed by atoms with E-state index in [1.807, 2.05) is 0 Å². The topological polar surface area (TPSA) is 64.3 Å². The van der Waals surface area contributed by atoms with Gasteiger partial charge < -0.3 is 9.84 Å². The summed E-state index contributed by atoms with van der Waals surface area (Å²) in [6.45, 7) is 0. The maximum Gasteiger partial charge on any atom is 0.308 e. The number of hydrogen-bond acceptors (Lipinski definition) is 3. The van der Waals surface area contributed by atoms with Gasteiger partial charge in [-0.15, -0.1) is 0 Å². The van der Waals surface area contributed by atoms with E-state index >= 15 is 0 Å². The van der Waals surface area contributed by atoms with Gasteiger partial charge in [0.1, 0.15) is 0 Å². The predicted octanol–water partition coefficient (Wildman–Crippen LogP) is 0.0558. The number of carbonyl (C=O) groups is 1. The molecule has 0 aliphatic carbocycles. The molecule has 1 heterocycles. The lowest BCUT2D eigenvalue weighted by Crippen LogP contribution is -2.02. The molecule has 0 aromatic carbocycles. The molecule has 12 heavy (non-hydrogen) atoms. The van der Waals surface area contributed by atoms with Crippen LogP contribution in [0.25, 0.3) is 0 Å². The van der Waals surface area contributed by atoms with Gasteiger partial charge in [0.15, 0.2) is 0 Å².